The predicted octanol–water partition coefficient (Wildman–Crippen LogP) is 4.35. The number of carbonyl (C=O) groups excluding carboxylic acids is 1. The van der Waals surface area contributed by atoms with Crippen LogP contribution in [0.5, 0.6) is 0 Å². The van der Waals surface area contributed by atoms with Crippen molar-refractivity contribution in [3.8, 4) is 0 Å². The molecule has 4 rings (SSSR count). The van der Waals surface area contributed by atoms with Gasteiger partial charge in [-0.1, -0.05) is 41.9 Å². The SMILES string of the molecule is CN1[C@H](C(=O)Nc2ccc(F)c(Cl)c2)C[C@H](c2ccc(Cc3ccccc3)s2)NS1(=O)=O. The zero-order valence-corrected chi connectivity index (χ0v) is 19.5. The summed E-state index contributed by atoms with van der Waals surface area (Å²) in [5.41, 5.74) is 1.46. The van der Waals surface area contributed by atoms with Gasteiger partial charge >= 0.3 is 0 Å². The highest BCUT2D eigenvalue weighted by molar-refractivity contribution is 7.87. The number of nitrogens with one attached hydrogen (secondary N) is 2. The van der Waals surface area contributed by atoms with E-state index >= 15 is 0 Å². The molecule has 1 saturated heterocycles. The van der Waals surface area contributed by atoms with E-state index in [1.807, 2.05) is 42.5 Å². The molecule has 1 aromatic heterocycles. The van der Waals surface area contributed by atoms with E-state index in [1.54, 1.807) is 0 Å². The normalized spacial score (nSPS) is 20.7. The summed E-state index contributed by atoms with van der Waals surface area (Å²) in [4.78, 5) is 14.9. The molecule has 0 bridgehead atoms. The zero-order chi connectivity index (χ0) is 22.9. The zero-order valence-electron chi connectivity index (χ0n) is 17.1. The molecule has 10 heteroatoms. The minimum absolute atomic E-state index is 0.128. The van der Waals surface area contributed by atoms with Crippen molar-refractivity contribution in [2.45, 2.75) is 24.9 Å². The molecule has 1 amide bonds. The van der Waals surface area contributed by atoms with E-state index < -0.39 is 34.0 Å². The lowest BCUT2D eigenvalue weighted by molar-refractivity contribution is -0.120. The maximum absolute atomic E-state index is 13.4. The average Bonchev–Trinajstić information content (AvgIpc) is 3.21. The van der Waals surface area contributed by atoms with Crippen LogP contribution in [0.4, 0.5) is 10.1 Å². The van der Waals surface area contributed by atoms with Crippen molar-refractivity contribution in [1.29, 1.82) is 0 Å². The molecule has 0 unspecified atom stereocenters. The summed E-state index contributed by atoms with van der Waals surface area (Å²) >= 11 is 7.30. The van der Waals surface area contributed by atoms with Crippen LogP contribution in [0, 0.1) is 5.82 Å². The number of thiophene rings is 1. The second-order valence-corrected chi connectivity index (χ2v) is 10.9. The van der Waals surface area contributed by atoms with Crippen LogP contribution in [0.25, 0.3) is 0 Å². The molecule has 6 nitrogen and oxygen atoms in total. The lowest BCUT2D eigenvalue weighted by atomic mass is 10.1. The second kappa shape index (κ2) is 9.29. The third kappa shape index (κ3) is 5.02. The largest absolute Gasteiger partial charge is 0.325 e. The lowest BCUT2D eigenvalue weighted by Crippen LogP contribution is -2.55. The molecule has 2 aromatic carbocycles. The van der Waals surface area contributed by atoms with Crippen molar-refractivity contribution in [3.05, 3.63) is 86.8 Å². The maximum atomic E-state index is 13.4. The Morgan fingerprint density at radius 1 is 1.22 bits per heavy atom. The van der Waals surface area contributed by atoms with E-state index in [0.717, 1.165) is 26.5 Å². The van der Waals surface area contributed by atoms with Crippen LogP contribution in [0.1, 0.15) is 27.8 Å². The Hall–Kier alpha value is -2.30. The number of halogens is 2. The van der Waals surface area contributed by atoms with Gasteiger partial charge in [-0.05, 0) is 42.3 Å². The fraction of sp³-hybridized carbons (Fsp3) is 0.227. The molecule has 0 saturated carbocycles. The van der Waals surface area contributed by atoms with Crippen LogP contribution < -0.4 is 10.0 Å². The van der Waals surface area contributed by atoms with Gasteiger partial charge in [0.05, 0.1) is 11.1 Å². The number of hydrogen-bond donors (Lipinski definition) is 2. The van der Waals surface area contributed by atoms with Gasteiger partial charge in [0.15, 0.2) is 0 Å². The lowest BCUT2D eigenvalue weighted by Gasteiger charge is -2.35. The van der Waals surface area contributed by atoms with Gasteiger partial charge in [0.1, 0.15) is 11.9 Å². The summed E-state index contributed by atoms with van der Waals surface area (Å²) in [5.74, 6) is -1.11. The number of anilines is 1. The fourth-order valence-electron chi connectivity index (χ4n) is 3.57. The van der Waals surface area contributed by atoms with Gasteiger partial charge in [0.2, 0.25) is 5.91 Å². The summed E-state index contributed by atoms with van der Waals surface area (Å²) in [6.07, 6.45) is 1.00. The Bertz CT molecular complexity index is 1230. The second-order valence-electron chi connectivity index (χ2n) is 7.53. The van der Waals surface area contributed by atoms with E-state index in [-0.39, 0.29) is 11.4 Å². The molecule has 2 heterocycles. The van der Waals surface area contributed by atoms with Gasteiger partial charge in [-0.3, -0.25) is 4.79 Å². The Labute approximate surface area is 195 Å². The summed E-state index contributed by atoms with van der Waals surface area (Å²) < 4.78 is 42.5. The number of likely N-dealkylation sites (N-methyl/N-ethyl adjacent to an activating group) is 1. The van der Waals surface area contributed by atoms with Gasteiger partial charge in [-0.2, -0.15) is 17.4 Å². The molecular weight excluding hydrogens is 473 g/mol. The highest BCUT2D eigenvalue weighted by Gasteiger charge is 2.41. The number of carbonyl (C=O) groups is 1. The smallest absolute Gasteiger partial charge is 0.280 e. The van der Waals surface area contributed by atoms with Gasteiger partial charge in [-0.25, -0.2) is 4.39 Å². The molecule has 1 aliphatic rings. The summed E-state index contributed by atoms with van der Waals surface area (Å²) in [6.45, 7) is 0. The third-order valence-electron chi connectivity index (χ3n) is 5.31. The molecular formula is C22H21ClFN3O3S2. The first-order valence-electron chi connectivity index (χ1n) is 9.86. The van der Waals surface area contributed by atoms with Crippen molar-refractivity contribution >= 4 is 44.7 Å². The van der Waals surface area contributed by atoms with E-state index in [1.165, 1.54) is 36.1 Å². The highest BCUT2D eigenvalue weighted by Crippen LogP contribution is 2.33. The quantitative estimate of drug-likeness (QED) is 0.554. The molecule has 2 N–H and O–H groups in total. The molecule has 0 radical (unpaired) electrons. The van der Waals surface area contributed by atoms with Crippen LogP contribution in [0.3, 0.4) is 0 Å². The van der Waals surface area contributed by atoms with Crippen LogP contribution in [-0.2, 0) is 21.4 Å². The first kappa shape index (κ1) is 22.9. The predicted molar refractivity (Wildman–Crippen MR) is 125 cm³/mol. The van der Waals surface area contributed by atoms with Crippen LogP contribution in [0.2, 0.25) is 5.02 Å². The monoisotopic (exact) mass is 493 g/mol. The molecule has 0 aliphatic carbocycles. The van der Waals surface area contributed by atoms with E-state index in [2.05, 4.69) is 10.0 Å². The highest BCUT2D eigenvalue weighted by atomic mass is 35.5. The van der Waals surface area contributed by atoms with Gasteiger partial charge in [0.25, 0.3) is 10.2 Å². The van der Waals surface area contributed by atoms with Gasteiger partial charge in [-0.15, -0.1) is 11.3 Å². The first-order valence-corrected chi connectivity index (χ1v) is 12.5. The Kier molecular flexibility index (Phi) is 6.64. The number of amides is 1. The number of hydrogen-bond acceptors (Lipinski definition) is 4. The van der Waals surface area contributed by atoms with Gasteiger partial charge in [0, 0.05) is 28.9 Å². The molecule has 32 heavy (non-hydrogen) atoms. The number of benzene rings is 2. The molecule has 0 spiro atoms. The standard InChI is InChI=1S/C22H21ClFN3O3S2/c1-27-20(22(28)25-15-7-9-18(24)17(23)12-15)13-19(26-32(27,29)30)21-10-8-16(31-21)11-14-5-3-2-4-6-14/h2-10,12,19-20,26H,11,13H2,1H3,(H,25,28)/t19-,20+/m1/s1. The van der Waals surface area contributed by atoms with Crippen LogP contribution in [0.15, 0.2) is 60.7 Å². The first-order chi connectivity index (χ1) is 15.2. The van der Waals surface area contributed by atoms with E-state index in [9.17, 15) is 17.6 Å². The van der Waals surface area contributed by atoms with Crippen molar-refractivity contribution in [2.24, 2.45) is 0 Å². The Morgan fingerprint density at radius 2 is 1.97 bits per heavy atom. The summed E-state index contributed by atoms with van der Waals surface area (Å²) in [6, 6.07) is 16.2. The average molecular weight is 494 g/mol. The topological polar surface area (TPSA) is 78.5 Å². The fourth-order valence-corrected chi connectivity index (χ4v) is 6.20. The molecule has 3 aromatic rings. The van der Waals surface area contributed by atoms with Crippen LogP contribution >= 0.6 is 22.9 Å². The van der Waals surface area contributed by atoms with Gasteiger partial charge < -0.3 is 5.32 Å². The minimum atomic E-state index is -3.87. The Morgan fingerprint density at radius 3 is 2.69 bits per heavy atom. The molecule has 1 fully saturated rings. The third-order valence-corrected chi connectivity index (χ3v) is 8.39. The van der Waals surface area contributed by atoms with Crippen molar-refractivity contribution in [1.82, 2.24) is 9.03 Å². The maximum Gasteiger partial charge on any atom is 0.280 e. The Balaban J connectivity index is 1.52. The van der Waals surface area contributed by atoms with Crippen LogP contribution in [-0.4, -0.2) is 31.7 Å². The number of rotatable bonds is 5. The van der Waals surface area contributed by atoms with Crippen molar-refractivity contribution in [3.63, 3.8) is 0 Å². The molecule has 168 valence electrons. The van der Waals surface area contributed by atoms with E-state index in [0.29, 0.717) is 5.69 Å². The minimum Gasteiger partial charge on any atom is -0.325 e. The van der Waals surface area contributed by atoms with Crippen molar-refractivity contribution in [2.75, 3.05) is 12.4 Å². The number of nitrogens with zero attached hydrogens (tertiary/aromatic N) is 1. The van der Waals surface area contributed by atoms with Crippen molar-refractivity contribution < 1.29 is 17.6 Å². The van der Waals surface area contributed by atoms with E-state index in [4.69, 9.17) is 11.6 Å². The summed E-state index contributed by atoms with van der Waals surface area (Å²) in [5, 5.41) is 2.51. The molecule has 2 atom stereocenters. The summed E-state index contributed by atoms with van der Waals surface area (Å²) in [7, 11) is -2.51. The molecule has 1 aliphatic heterocycles.